The van der Waals surface area contributed by atoms with Crippen molar-refractivity contribution in [3.05, 3.63) is 77.9 Å². The zero-order valence-corrected chi connectivity index (χ0v) is 18.0. The molecule has 0 unspecified atom stereocenters. The first-order chi connectivity index (χ1) is 13.8. The summed E-state index contributed by atoms with van der Waals surface area (Å²) < 4.78 is 6.02. The van der Waals surface area contributed by atoms with Gasteiger partial charge in [-0.05, 0) is 52.8 Å². The fraction of sp³-hybridized carbons (Fsp3) is 0.346. The number of hydrogen-bond acceptors (Lipinski definition) is 2. The monoisotopic (exact) mass is 389 g/mol. The van der Waals surface area contributed by atoms with Crippen LogP contribution in [0.1, 0.15) is 58.2 Å². The first-order valence-corrected chi connectivity index (χ1v) is 10.3. The summed E-state index contributed by atoms with van der Waals surface area (Å²) in [4.78, 5) is 12.8. The van der Waals surface area contributed by atoms with Gasteiger partial charge in [0, 0.05) is 0 Å². The van der Waals surface area contributed by atoms with Crippen LogP contribution in [-0.4, -0.2) is 12.0 Å². The third-order valence-corrected chi connectivity index (χ3v) is 5.30. The molecule has 0 saturated carbocycles. The molecule has 2 atom stereocenters. The third-order valence-electron chi connectivity index (χ3n) is 5.30. The number of ether oxygens (including phenoxy) is 1. The van der Waals surface area contributed by atoms with Gasteiger partial charge < -0.3 is 10.1 Å². The molecule has 0 fully saturated rings. The van der Waals surface area contributed by atoms with E-state index in [0.717, 1.165) is 16.3 Å². The van der Waals surface area contributed by atoms with Crippen molar-refractivity contribution in [2.45, 2.75) is 58.6 Å². The van der Waals surface area contributed by atoms with Gasteiger partial charge in [-0.2, -0.15) is 0 Å². The van der Waals surface area contributed by atoms with Gasteiger partial charge in [0.1, 0.15) is 5.75 Å². The quantitative estimate of drug-likeness (QED) is 0.547. The van der Waals surface area contributed by atoms with E-state index in [4.69, 9.17) is 4.74 Å². The molecule has 3 rings (SSSR count). The molecule has 1 N–H and O–H groups in total. The smallest absolute Gasteiger partial charge is 0.261 e. The van der Waals surface area contributed by atoms with Gasteiger partial charge in [-0.1, -0.05) is 82.3 Å². The third kappa shape index (κ3) is 5.17. The molecule has 3 heteroatoms. The zero-order valence-electron chi connectivity index (χ0n) is 18.0. The van der Waals surface area contributed by atoms with E-state index < -0.39 is 6.10 Å². The Morgan fingerprint density at radius 1 is 0.966 bits per heavy atom. The summed E-state index contributed by atoms with van der Waals surface area (Å²) in [6.45, 7) is 10.6. The second-order valence-electron chi connectivity index (χ2n) is 8.63. The predicted octanol–water partition coefficient (Wildman–Crippen LogP) is 6.17. The van der Waals surface area contributed by atoms with Crippen molar-refractivity contribution in [1.82, 2.24) is 5.32 Å². The Hall–Kier alpha value is -2.81. The van der Waals surface area contributed by atoms with E-state index >= 15 is 0 Å². The van der Waals surface area contributed by atoms with E-state index in [1.165, 1.54) is 5.56 Å². The fourth-order valence-electron chi connectivity index (χ4n) is 3.39. The van der Waals surface area contributed by atoms with E-state index in [2.05, 4.69) is 56.4 Å². The Balaban J connectivity index is 1.67. The van der Waals surface area contributed by atoms with Crippen LogP contribution in [0.2, 0.25) is 0 Å². The summed E-state index contributed by atoms with van der Waals surface area (Å²) >= 11 is 0. The number of fused-ring (bicyclic) bond motifs is 1. The molecule has 3 nitrogen and oxygen atoms in total. The van der Waals surface area contributed by atoms with Crippen molar-refractivity contribution in [3.63, 3.8) is 0 Å². The van der Waals surface area contributed by atoms with Crippen LogP contribution in [0.15, 0.2) is 66.7 Å². The van der Waals surface area contributed by atoms with Gasteiger partial charge in [0.2, 0.25) is 0 Å². The van der Waals surface area contributed by atoms with Crippen LogP contribution in [0.25, 0.3) is 10.8 Å². The van der Waals surface area contributed by atoms with Crippen molar-refractivity contribution < 1.29 is 9.53 Å². The van der Waals surface area contributed by atoms with Crippen molar-refractivity contribution in [1.29, 1.82) is 0 Å². The standard InChI is InChI=1S/C26H31NO2/c1-6-24(29-23-16-13-20-9-7-8-10-21(20)17-23)25(28)27-18(2)19-11-14-22(15-12-19)26(3,4)5/h7-18,24H,6H2,1-5H3,(H,27,28)/t18-,24+/m1/s1. The molecule has 3 aromatic carbocycles. The fourth-order valence-corrected chi connectivity index (χ4v) is 3.39. The molecule has 0 radical (unpaired) electrons. The molecule has 29 heavy (non-hydrogen) atoms. The summed E-state index contributed by atoms with van der Waals surface area (Å²) in [7, 11) is 0. The summed E-state index contributed by atoms with van der Waals surface area (Å²) in [5.41, 5.74) is 2.49. The molecular formula is C26H31NO2. The van der Waals surface area contributed by atoms with Crippen LogP contribution >= 0.6 is 0 Å². The molecule has 0 aliphatic heterocycles. The lowest BCUT2D eigenvalue weighted by Crippen LogP contribution is -2.39. The van der Waals surface area contributed by atoms with Crippen LogP contribution in [-0.2, 0) is 10.2 Å². The molecule has 0 aliphatic rings. The average Bonchev–Trinajstić information content (AvgIpc) is 2.71. The number of benzene rings is 3. The second kappa shape index (κ2) is 8.69. The van der Waals surface area contributed by atoms with Gasteiger partial charge in [0.25, 0.3) is 5.91 Å². The Morgan fingerprint density at radius 2 is 1.62 bits per heavy atom. The van der Waals surface area contributed by atoms with Crippen LogP contribution < -0.4 is 10.1 Å². The van der Waals surface area contributed by atoms with Crippen LogP contribution in [0, 0.1) is 0 Å². The van der Waals surface area contributed by atoms with Gasteiger partial charge in [-0.15, -0.1) is 0 Å². The minimum Gasteiger partial charge on any atom is -0.481 e. The molecule has 0 saturated heterocycles. The second-order valence-corrected chi connectivity index (χ2v) is 8.63. The SMILES string of the molecule is CC[C@H](Oc1ccc2ccccc2c1)C(=O)N[C@H](C)c1ccc(C(C)(C)C)cc1. The lowest BCUT2D eigenvalue weighted by atomic mass is 9.86. The highest BCUT2D eigenvalue weighted by molar-refractivity contribution is 5.84. The van der Waals surface area contributed by atoms with Crippen LogP contribution in [0.3, 0.4) is 0 Å². The van der Waals surface area contributed by atoms with E-state index in [-0.39, 0.29) is 17.4 Å². The van der Waals surface area contributed by atoms with Gasteiger partial charge in [-0.25, -0.2) is 0 Å². The number of amides is 1. The van der Waals surface area contributed by atoms with Gasteiger partial charge >= 0.3 is 0 Å². The van der Waals surface area contributed by atoms with Crippen LogP contribution in [0.4, 0.5) is 0 Å². The molecule has 152 valence electrons. The molecule has 3 aromatic rings. The average molecular weight is 390 g/mol. The first kappa shape index (κ1) is 20.9. The molecule has 0 bridgehead atoms. The molecule has 0 aliphatic carbocycles. The maximum absolute atomic E-state index is 12.8. The largest absolute Gasteiger partial charge is 0.481 e. The molecular weight excluding hydrogens is 358 g/mol. The van der Waals surface area contributed by atoms with E-state index in [1.807, 2.05) is 50.2 Å². The van der Waals surface area contributed by atoms with E-state index in [9.17, 15) is 4.79 Å². The Morgan fingerprint density at radius 3 is 2.24 bits per heavy atom. The zero-order chi connectivity index (χ0) is 21.0. The minimum absolute atomic E-state index is 0.0780. The maximum Gasteiger partial charge on any atom is 0.261 e. The maximum atomic E-state index is 12.8. The predicted molar refractivity (Wildman–Crippen MR) is 120 cm³/mol. The number of carbonyl (C=O) groups excluding carboxylic acids is 1. The summed E-state index contributed by atoms with van der Waals surface area (Å²) in [6.07, 6.45) is 0.0846. The number of hydrogen-bond donors (Lipinski definition) is 1. The normalized spacial score (nSPS) is 13.7. The minimum atomic E-state index is -0.521. The van der Waals surface area contributed by atoms with Crippen LogP contribution in [0.5, 0.6) is 5.75 Å². The number of carbonyl (C=O) groups is 1. The van der Waals surface area contributed by atoms with Crippen molar-refractivity contribution >= 4 is 16.7 Å². The van der Waals surface area contributed by atoms with Gasteiger partial charge in [-0.3, -0.25) is 4.79 Å². The first-order valence-electron chi connectivity index (χ1n) is 10.3. The number of nitrogens with one attached hydrogen (secondary N) is 1. The molecule has 1 amide bonds. The molecule has 0 spiro atoms. The van der Waals surface area contributed by atoms with Gasteiger partial charge in [0.15, 0.2) is 6.10 Å². The number of rotatable bonds is 6. The lowest BCUT2D eigenvalue weighted by molar-refractivity contribution is -0.128. The van der Waals surface area contributed by atoms with E-state index in [1.54, 1.807) is 0 Å². The van der Waals surface area contributed by atoms with Crippen molar-refractivity contribution in [2.75, 3.05) is 0 Å². The lowest BCUT2D eigenvalue weighted by Gasteiger charge is -2.22. The molecule has 0 aromatic heterocycles. The Kier molecular flexibility index (Phi) is 6.26. The summed E-state index contributed by atoms with van der Waals surface area (Å²) in [5, 5.41) is 5.36. The highest BCUT2D eigenvalue weighted by Gasteiger charge is 2.21. The molecule has 0 heterocycles. The Labute approximate surface area is 174 Å². The topological polar surface area (TPSA) is 38.3 Å². The van der Waals surface area contributed by atoms with E-state index in [0.29, 0.717) is 12.2 Å². The highest BCUT2D eigenvalue weighted by Crippen LogP contribution is 2.25. The van der Waals surface area contributed by atoms with Crippen molar-refractivity contribution in [2.24, 2.45) is 0 Å². The summed E-state index contributed by atoms with van der Waals surface area (Å²) in [5.74, 6) is 0.626. The van der Waals surface area contributed by atoms with Gasteiger partial charge in [0.05, 0.1) is 6.04 Å². The Bertz CT molecular complexity index is 970. The van der Waals surface area contributed by atoms with Crippen molar-refractivity contribution in [3.8, 4) is 5.75 Å². The summed E-state index contributed by atoms with van der Waals surface area (Å²) in [6, 6.07) is 22.5. The highest BCUT2D eigenvalue weighted by atomic mass is 16.5.